The summed E-state index contributed by atoms with van der Waals surface area (Å²) >= 11 is 0. The Labute approximate surface area is 138 Å². The van der Waals surface area contributed by atoms with Crippen molar-refractivity contribution in [3.8, 4) is 0 Å². The summed E-state index contributed by atoms with van der Waals surface area (Å²) in [6.45, 7) is 2.12. The van der Waals surface area contributed by atoms with E-state index in [2.05, 4.69) is 10.1 Å². The van der Waals surface area contributed by atoms with Gasteiger partial charge in [0.25, 0.3) is 5.91 Å². The molecule has 1 N–H and O–H groups in total. The van der Waals surface area contributed by atoms with Gasteiger partial charge in [-0.3, -0.25) is 4.79 Å². The van der Waals surface area contributed by atoms with Crippen molar-refractivity contribution < 1.29 is 24.0 Å². The van der Waals surface area contributed by atoms with Gasteiger partial charge in [0.05, 0.1) is 11.7 Å². The Morgan fingerprint density at radius 3 is 2.50 bits per heavy atom. The van der Waals surface area contributed by atoms with Crippen LogP contribution in [0.2, 0.25) is 0 Å². The number of amides is 1. The number of carbonyl (C=O) groups is 2. The molecule has 0 radical (unpaired) electrons. The summed E-state index contributed by atoms with van der Waals surface area (Å²) in [5.41, 5.74) is 0.532. The van der Waals surface area contributed by atoms with Crippen LogP contribution in [0.4, 0.5) is 0 Å². The highest BCUT2D eigenvalue weighted by Gasteiger charge is 2.39. The van der Waals surface area contributed by atoms with E-state index in [1.807, 2.05) is 0 Å². The molecule has 0 unspecified atom stereocenters. The number of likely N-dealkylation sites (tertiary alicyclic amines) is 1. The summed E-state index contributed by atoms with van der Waals surface area (Å²) in [5, 5.41) is 12.7. The molecule has 0 aliphatic carbocycles. The zero-order chi connectivity index (χ0) is 17.3. The number of carbonyl (C=O) groups excluding carboxylic acids is 1. The Kier molecular flexibility index (Phi) is 4.30. The second-order valence-corrected chi connectivity index (χ2v) is 5.63. The number of benzene rings is 1. The van der Waals surface area contributed by atoms with E-state index >= 15 is 0 Å². The highest BCUT2D eigenvalue weighted by atomic mass is 16.5. The van der Waals surface area contributed by atoms with E-state index in [1.54, 1.807) is 18.9 Å². The lowest BCUT2D eigenvalue weighted by Gasteiger charge is -2.21. The average molecular weight is 331 g/mol. The lowest BCUT2D eigenvalue weighted by atomic mass is 10.1. The number of methoxy groups -OCH3 is 1. The monoisotopic (exact) mass is 331 g/mol. The maximum Gasteiger partial charge on any atom is 0.335 e. The first-order chi connectivity index (χ1) is 11.5. The van der Waals surface area contributed by atoms with Gasteiger partial charge in [0, 0.05) is 25.6 Å². The Morgan fingerprint density at radius 2 is 1.96 bits per heavy atom. The van der Waals surface area contributed by atoms with Crippen molar-refractivity contribution in [2.45, 2.75) is 25.5 Å². The fourth-order valence-corrected chi connectivity index (χ4v) is 2.80. The predicted molar refractivity (Wildman–Crippen MR) is 81.6 cm³/mol. The van der Waals surface area contributed by atoms with E-state index in [9.17, 15) is 9.59 Å². The largest absolute Gasteiger partial charge is 0.478 e. The summed E-state index contributed by atoms with van der Waals surface area (Å²) in [6, 6.07) is 5.46. The zero-order valence-electron chi connectivity index (χ0n) is 13.3. The highest BCUT2D eigenvalue weighted by molar-refractivity contribution is 5.96. The van der Waals surface area contributed by atoms with Crippen LogP contribution in [0.3, 0.4) is 0 Å². The van der Waals surface area contributed by atoms with E-state index in [1.165, 1.54) is 24.3 Å². The second kappa shape index (κ2) is 6.40. The molecular weight excluding hydrogens is 314 g/mol. The topological polar surface area (TPSA) is 106 Å². The predicted octanol–water partition coefficient (Wildman–Crippen LogP) is 1.68. The lowest BCUT2D eigenvalue weighted by Crippen LogP contribution is -2.32. The molecule has 1 aliphatic heterocycles. The summed E-state index contributed by atoms with van der Waals surface area (Å²) in [7, 11) is 1.59. The number of carboxylic acids is 1. The van der Waals surface area contributed by atoms with E-state index in [4.69, 9.17) is 14.4 Å². The number of aryl methyl sites for hydroxylation is 1. The zero-order valence-corrected chi connectivity index (χ0v) is 13.3. The number of hydrogen-bond acceptors (Lipinski definition) is 6. The van der Waals surface area contributed by atoms with Crippen LogP contribution in [-0.2, 0) is 4.74 Å². The fourth-order valence-electron chi connectivity index (χ4n) is 2.80. The second-order valence-electron chi connectivity index (χ2n) is 5.63. The van der Waals surface area contributed by atoms with E-state index < -0.39 is 5.97 Å². The highest BCUT2D eigenvalue weighted by Crippen LogP contribution is 2.33. The maximum atomic E-state index is 12.8. The van der Waals surface area contributed by atoms with Gasteiger partial charge in [-0.15, -0.1) is 0 Å². The molecule has 1 amide bonds. The molecule has 2 heterocycles. The minimum absolute atomic E-state index is 0.121. The standard InChI is InChI=1S/C16H17N3O5/c1-9-17-14(24-18-9)13-7-12(23-2)8-19(13)15(20)10-3-5-11(6-4-10)16(21)22/h3-6,12-13H,7-8H2,1-2H3,(H,21,22)/t12-,13+/m0/s1. The summed E-state index contributed by atoms with van der Waals surface area (Å²) in [6.07, 6.45) is 0.446. The summed E-state index contributed by atoms with van der Waals surface area (Å²) in [4.78, 5) is 29.6. The number of aromatic nitrogens is 2. The van der Waals surface area contributed by atoms with Crippen LogP contribution in [0.15, 0.2) is 28.8 Å². The number of nitrogens with zero attached hydrogens (tertiary/aromatic N) is 3. The van der Waals surface area contributed by atoms with Crippen LogP contribution in [0.1, 0.15) is 44.9 Å². The first kappa shape index (κ1) is 16.1. The quantitative estimate of drug-likeness (QED) is 0.908. The molecule has 126 valence electrons. The normalized spacial score (nSPS) is 20.3. The molecule has 0 saturated carbocycles. The number of carboxylic acid groups (broad SMARTS) is 1. The molecule has 1 aromatic carbocycles. The van der Waals surface area contributed by atoms with Gasteiger partial charge >= 0.3 is 5.97 Å². The molecule has 2 aromatic rings. The fraction of sp³-hybridized carbons (Fsp3) is 0.375. The third kappa shape index (κ3) is 3.00. The minimum Gasteiger partial charge on any atom is -0.478 e. The SMILES string of the molecule is CO[C@H]1C[C@H](c2nc(C)no2)N(C(=O)c2ccc(C(=O)O)cc2)C1. The number of ether oxygens (including phenoxy) is 1. The van der Waals surface area contributed by atoms with Crippen molar-refractivity contribution in [1.82, 2.24) is 15.0 Å². The third-order valence-electron chi connectivity index (χ3n) is 4.06. The van der Waals surface area contributed by atoms with Gasteiger partial charge in [-0.25, -0.2) is 4.79 Å². The summed E-state index contributed by atoms with van der Waals surface area (Å²) in [5.74, 6) is -0.382. The first-order valence-corrected chi connectivity index (χ1v) is 7.47. The van der Waals surface area contributed by atoms with Crippen molar-refractivity contribution in [1.29, 1.82) is 0 Å². The molecule has 1 saturated heterocycles. The Balaban J connectivity index is 1.86. The van der Waals surface area contributed by atoms with Gasteiger partial charge in [-0.1, -0.05) is 5.16 Å². The smallest absolute Gasteiger partial charge is 0.335 e. The van der Waals surface area contributed by atoms with E-state index in [-0.39, 0.29) is 23.6 Å². The molecule has 3 rings (SSSR count). The summed E-state index contributed by atoms with van der Waals surface area (Å²) < 4.78 is 10.6. The van der Waals surface area contributed by atoms with Gasteiger partial charge in [0.1, 0.15) is 6.04 Å². The van der Waals surface area contributed by atoms with Crippen LogP contribution < -0.4 is 0 Å². The molecule has 1 aromatic heterocycles. The average Bonchev–Trinajstić information content (AvgIpc) is 3.20. The van der Waals surface area contributed by atoms with E-state index in [0.29, 0.717) is 30.2 Å². The number of rotatable bonds is 4. The van der Waals surface area contributed by atoms with Crippen LogP contribution in [0, 0.1) is 6.92 Å². The molecule has 0 spiro atoms. The first-order valence-electron chi connectivity index (χ1n) is 7.47. The van der Waals surface area contributed by atoms with Gasteiger partial charge in [-0.2, -0.15) is 4.98 Å². The molecule has 0 bridgehead atoms. The Hall–Kier alpha value is -2.74. The molecule has 24 heavy (non-hydrogen) atoms. The van der Waals surface area contributed by atoms with Gasteiger partial charge in [0.15, 0.2) is 5.82 Å². The van der Waals surface area contributed by atoms with Crippen molar-refractivity contribution >= 4 is 11.9 Å². The van der Waals surface area contributed by atoms with Crippen molar-refractivity contribution in [3.05, 3.63) is 47.1 Å². The molecule has 2 atom stereocenters. The molecule has 1 fully saturated rings. The lowest BCUT2D eigenvalue weighted by molar-refractivity contribution is 0.0666. The molecule has 1 aliphatic rings. The van der Waals surface area contributed by atoms with Gasteiger partial charge in [0.2, 0.25) is 5.89 Å². The van der Waals surface area contributed by atoms with Crippen LogP contribution in [-0.4, -0.2) is 51.8 Å². The Bertz CT molecular complexity index is 755. The van der Waals surface area contributed by atoms with Crippen LogP contribution in [0.5, 0.6) is 0 Å². The van der Waals surface area contributed by atoms with Crippen molar-refractivity contribution in [2.24, 2.45) is 0 Å². The van der Waals surface area contributed by atoms with Crippen LogP contribution in [0.25, 0.3) is 0 Å². The van der Waals surface area contributed by atoms with E-state index in [0.717, 1.165) is 0 Å². The van der Waals surface area contributed by atoms with Crippen molar-refractivity contribution in [2.75, 3.05) is 13.7 Å². The van der Waals surface area contributed by atoms with Gasteiger partial charge in [-0.05, 0) is 31.2 Å². The Morgan fingerprint density at radius 1 is 1.29 bits per heavy atom. The number of aromatic carboxylic acids is 1. The molecule has 8 heteroatoms. The van der Waals surface area contributed by atoms with Crippen molar-refractivity contribution in [3.63, 3.8) is 0 Å². The van der Waals surface area contributed by atoms with Crippen LogP contribution >= 0.6 is 0 Å². The number of hydrogen-bond donors (Lipinski definition) is 1. The third-order valence-corrected chi connectivity index (χ3v) is 4.06. The maximum absolute atomic E-state index is 12.8. The minimum atomic E-state index is -1.03. The molecular formula is C16H17N3O5. The molecule has 8 nitrogen and oxygen atoms in total. The van der Waals surface area contributed by atoms with Gasteiger partial charge < -0.3 is 19.3 Å².